The van der Waals surface area contributed by atoms with E-state index in [-0.39, 0.29) is 12.5 Å². The molecule has 1 N–H and O–H groups in total. The van der Waals surface area contributed by atoms with Gasteiger partial charge in [0, 0.05) is 16.3 Å². The van der Waals surface area contributed by atoms with Crippen LogP contribution in [0.5, 0.6) is 11.5 Å². The second-order valence-corrected chi connectivity index (χ2v) is 6.00. The van der Waals surface area contributed by atoms with E-state index in [2.05, 4.69) is 5.32 Å². The number of halogens is 1. The van der Waals surface area contributed by atoms with Crippen molar-refractivity contribution in [2.24, 2.45) is 0 Å². The predicted molar refractivity (Wildman–Crippen MR) is 103 cm³/mol. The fraction of sp³-hybridized carbons (Fsp3) is 0.0476. The molecule has 27 heavy (non-hydrogen) atoms. The van der Waals surface area contributed by atoms with E-state index in [4.69, 9.17) is 21.1 Å². The van der Waals surface area contributed by atoms with Gasteiger partial charge in [0.1, 0.15) is 11.5 Å². The molecule has 0 unspecified atom stereocenters. The van der Waals surface area contributed by atoms with E-state index < -0.39 is 5.97 Å². The number of benzene rings is 3. The standard InChI is InChI=1S/C21H16ClNO4/c22-16-8-12-18(13-9-16)26-14-20(24)27-19-10-6-15(7-11-19)21(25)23-17-4-2-1-3-5-17/h1-13H,14H2,(H,23,25). The number of hydrogen-bond donors (Lipinski definition) is 1. The zero-order valence-corrected chi connectivity index (χ0v) is 15.0. The lowest BCUT2D eigenvalue weighted by molar-refractivity contribution is -0.136. The molecule has 136 valence electrons. The first kappa shape index (κ1) is 18.5. The molecule has 0 radical (unpaired) electrons. The van der Waals surface area contributed by atoms with Crippen molar-refractivity contribution in [1.82, 2.24) is 0 Å². The van der Waals surface area contributed by atoms with E-state index in [1.807, 2.05) is 18.2 Å². The predicted octanol–water partition coefficient (Wildman–Crippen LogP) is 4.58. The highest BCUT2D eigenvalue weighted by atomic mass is 35.5. The molecule has 0 aliphatic rings. The average Bonchev–Trinajstić information content (AvgIpc) is 2.69. The van der Waals surface area contributed by atoms with Gasteiger partial charge in [-0.1, -0.05) is 29.8 Å². The first-order chi connectivity index (χ1) is 13.1. The number of hydrogen-bond acceptors (Lipinski definition) is 4. The van der Waals surface area contributed by atoms with Gasteiger partial charge in [-0.15, -0.1) is 0 Å². The molecule has 0 heterocycles. The van der Waals surface area contributed by atoms with Gasteiger partial charge in [0.25, 0.3) is 5.91 Å². The lowest BCUT2D eigenvalue weighted by Gasteiger charge is -2.08. The molecule has 0 bridgehead atoms. The second kappa shape index (κ2) is 8.87. The number of nitrogens with one attached hydrogen (secondary N) is 1. The number of ether oxygens (including phenoxy) is 2. The molecule has 0 aliphatic heterocycles. The van der Waals surface area contributed by atoms with Crippen molar-refractivity contribution < 1.29 is 19.1 Å². The molecule has 1 amide bonds. The highest BCUT2D eigenvalue weighted by Gasteiger charge is 2.09. The summed E-state index contributed by atoms with van der Waals surface area (Å²) in [7, 11) is 0. The normalized spacial score (nSPS) is 10.1. The Kier molecular flexibility index (Phi) is 6.07. The summed E-state index contributed by atoms with van der Waals surface area (Å²) in [5, 5.41) is 3.37. The van der Waals surface area contributed by atoms with E-state index in [1.54, 1.807) is 60.7 Å². The minimum atomic E-state index is -0.550. The molecule has 3 aromatic carbocycles. The van der Waals surface area contributed by atoms with Crippen LogP contribution < -0.4 is 14.8 Å². The van der Waals surface area contributed by atoms with Gasteiger partial charge in [0.15, 0.2) is 6.61 Å². The smallest absolute Gasteiger partial charge is 0.349 e. The zero-order chi connectivity index (χ0) is 19.1. The summed E-state index contributed by atoms with van der Waals surface area (Å²) < 4.78 is 10.5. The Morgan fingerprint density at radius 3 is 2.11 bits per heavy atom. The molecule has 0 spiro atoms. The van der Waals surface area contributed by atoms with Crippen LogP contribution in [0.3, 0.4) is 0 Å². The molecule has 0 aliphatic carbocycles. The number of carbonyl (C=O) groups is 2. The first-order valence-corrected chi connectivity index (χ1v) is 8.53. The number of anilines is 1. The Hall–Kier alpha value is -3.31. The first-order valence-electron chi connectivity index (χ1n) is 8.16. The number of esters is 1. The highest BCUT2D eigenvalue weighted by molar-refractivity contribution is 6.30. The number of para-hydroxylation sites is 1. The van der Waals surface area contributed by atoms with Crippen LogP contribution in [-0.2, 0) is 4.79 Å². The summed E-state index contributed by atoms with van der Waals surface area (Å²) in [4.78, 5) is 24.0. The van der Waals surface area contributed by atoms with Crippen LogP contribution >= 0.6 is 11.6 Å². The maximum atomic E-state index is 12.2. The van der Waals surface area contributed by atoms with Crippen LogP contribution in [-0.4, -0.2) is 18.5 Å². The molecular weight excluding hydrogens is 366 g/mol. The Morgan fingerprint density at radius 2 is 1.44 bits per heavy atom. The van der Waals surface area contributed by atoms with Crippen molar-refractivity contribution in [2.75, 3.05) is 11.9 Å². The van der Waals surface area contributed by atoms with Crippen LogP contribution in [0.4, 0.5) is 5.69 Å². The van der Waals surface area contributed by atoms with Crippen LogP contribution in [0, 0.1) is 0 Å². The zero-order valence-electron chi connectivity index (χ0n) is 14.2. The molecular formula is C21H16ClNO4. The van der Waals surface area contributed by atoms with Crippen LogP contribution in [0.2, 0.25) is 5.02 Å². The third-order valence-corrected chi connectivity index (χ3v) is 3.80. The van der Waals surface area contributed by atoms with Crippen molar-refractivity contribution in [3.63, 3.8) is 0 Å². The van der Waals surface area contributed by atoms with Gasteiger partial charge in [-0.3, -0.25) is 4.79 Å². The highest BCUT2D eigenvalue weighted by Crippen LogP contribution is 2.17. The lowest BCUT2D eigenvalue weighted by atomic mass is 10.2. The Labute approximate surface area is 161 Å². The van der Waals surface area contributed by atoms with Gasteiger partial charge < -0.3 is 14.8 Å². The maximum absolute atomic E-state index is 12.2. The molecule has 3 aromatic rings. The second-order valence-electron chi connectivity index (χ2n) is 5.56. The van der Waals surface area contributed by atoms with E-state index in [0.29, 0.717) is 27.8 Å². The van der Waals surface area contributed by atoms with E-state index >= 15 is 0 Å². The number of rotatable bonds is 6. The summed E-state index contributed by atoms with van der Waals surface area (Å²) in [6, 6.07) is 22.1. The monoisotopic (exact) mass is 381 g/mol. The molecule has 0 atom stereocenters. The summed E-state index contributed by atoms with van der Waals surface area (Å²) in [6.07, 6.45) is 0. The minimum Gasteiger partial charge on any atom is -0.482 e. The van der Waals surface area contributed by atoms with Gasteiger partial charge in [-0.25, -0.2) is 4.79 Å². The lowest BCUT2D eigenvalue weighted by Crippen LogP contribution is -2.18. The van der Waals surface area contributed by atoms with Crippen LogP contribution in [0.25, 0.3) is 0 Å². The van der Waals surface area contributed by atoms with Crippen LogP contribution in [0.15, 0.2) is 78.9 Å². The fourth-order valence-corrected chi connectivity index (χ4v) is 2.36. The molecule has 0 fully saturated rings. The van der Waals surface area contributed by atoms with Crippen molar-refractivity contribution >= 4 is 29.2 Å². The van der Waals surface area contributed by atoms with Crippen molar-refractivity contribution in [1.29, 1.82) is 0 Å². The molecule has 3 rings (SSSR count). The quantitative estimate of drug-likeness (QED) is 0.501. The third kappa shape index (κ3) is 5.59. The van der Waals surface area contributed by atoms with E-state index in [0.717, 1.165) is 0 Å². The fourth-order valence-electron chi connectivity index (χ4n) is 2.23. The minimum absolute atomic E-state index is 0.238. The molecule has 0 saturated carbocycles. The SMILES string of the molecule is O=C(COc1ccc(Cl)cc1)Oc1ccc(C(=O)Nc2ccccc2)cc1. The number of amides is 1. The summed E-state index contributed by atoms with van der Waals surface area (Å²) in [6.45, 7) is -0.238. The van der Waals surface area contributed by atoms with Gasteiger partial charge in [0.05, 0.1) is 0 Å². The molecule has 5 nitrogen and oxygen atoms in total. The maximum Gasteiger partial charge on any atom is 0.349 e. The third-order valence-electron chi connectivity index (χ3n) is 3.55. The largest absolute Gasteiger partial charge is 0.482 e. The van der Waals surface area contributed by atoms with Gasteiger partial charge in [-0.05, 0) is 60.7 Å². The van der Waals surface area contributed by atoms with Gasteiger partial charge >= 0.3 is 5.97 Å². The van der Waals surface area contributed by atoms with E-state index in [1.165, 1.54) is 0 Å². The Morgan fingerprint density at radius 1 is 0.815 bits per heavy atom. The Bertz CT molecular complexity index is 909. The van der Waals surface area contributed by atoms with E-state index in [9.17, 15) is 9.59 Å². The summed E-state index contributed by atoms with van der Waals surface area (Å²) in [5.41, 5.74) is 1.16. The summed E-state index contributed by atoms with van der Waals surface area (Å²) in [5.74, 6) is 0.0526. The number of carbonyl (C=O) groups excluding carboxylic acids is 2. The summed E-state index contributed by atoms with van der Waals surface area (Å²) >= 11 is 5.79. The van der Waals surface area contributed by atoms with Crippen molar-refractivity contribution in [3.8, 4) is 11.5 Å². The topological polar surface area (TPSA) is 64.6 Å². The van der Waals surface area contributed by atoms with Crippen LogP contribution in [0.1, 0.15) is 10.4 Å². The van der Waals surface area contributed by atoms with Crippen molar-refractivity contribution in [3.05, 3.63) is 89.4 Å². The van der Waals surface area contributed by atoms with Gasteiger partial charge in [-0.2, -0.15) is 0 Å². The average molecular weight is 382 g/mol. The molecule has 6 heteroatoms. The Balaban J connectivity index is 1.51. The van der Waals surface area contributed by atoms with Gasteiger partial charge in [0.2, 0.25) is 0 Å². The van der Waals surface area contributed by atoms with Crippen molar-refractivity contribution in [2.45, 2.75) is 0 Å². The molecule has 0 aromatic heterocycles. The molecule has 0 saturated heterocycles.